The Morgan fingerprint density at radius 3 is 1.95 bits per heavy atom. The summed E-state index contributed by atoms with van der Waals surface area (Å²) in [6.45, 7) is 10.4. The average molecular weight is 326 g/mol. The highest BCUT2D eigenvalue weighted by molar-refractivity contribution is 7.92. The average Bonchev–Trinajstić information content (AvgIpc) is 2.23. The van der Waals surface area contributed by atoms with E-state index in [9.17, 15) is 13.2 Å². The van der Waals surface area contributed by atoms with E-state index >= 15 is 0 Å². The summed E-state index contributed by atoms with van der Waals surface area (Å²) in [5, 5.41) is 3.02. The highest BCUT2D eigenvalue weighted by atomic mass is 32.2. The first-order valence-corrected chi connectivity index (χ1v) is 9.07. The van der Waals surface area contributed by atoms with Crippen molar-refractivity contribution >= 4 is 21.6 Å². The fourth-order valence-corrected chi connectivity index (χ4v) is 3.22. The van der Waals surface area contributed by atoms with Gasteiger partial charge in [0.15, 0.2) is 0 Å². The zero-order valence-electron chi connectivity index (χ0n) is 14.1. The molecular formula is C16H26N2O3S. The molecule has 0 saturated carbocycles. The zero-order valence-corrected chi connectivity index (χ0v) is 15.0. The van der Waals surface area contributed by atoms with Gasteiger partial charge in [0.2, 0.25) is 10.0 Å². The van der Waals surface area contributed by atoms with Crippen molar-refractivity contribution in [2.75, 3.05) is 11.0 Å². The maximum atomic E-state index is 12.3. The van der Waals surface area contributed by atoms with E-state index in [0.29, 0.717) is 11.3 Å². The van der Waals surface area contributed by atoms with Crippen LogP contribution in [0.3, 0.4) is 0 Å². The second-order valence-electron chi connectivity index (χ2n) is 7.53. The Labute approximate surface area is 133 Å². The molecule has 1 aromatic carbocycles. The van der Waals surface area contributed by atoms with E-state index in [2.05, 4.69) is 30.8 Å². The summed E-state index contributed by atoms with van der Waals surface area (Å²) in [7, 11) is -3.31. The predicted octanol–water partition coefficient (Wildman–Crippen LogP) is 3.00. The minimum Gasteiger partial charge on any atom is -0.347 e. The smallest absolute Gasteiger partial charge is 0.251 e. The minimum atomic E-state index is -3.31. The molecule has 0 aromatic heterocycles. The lowest BCUT2D eigenvalue weighted by Gasteiger charge is -2.33. The third-order valence-corrected chi connectivity index (χ3v) is 3.48. The molecule has 2 N–H and O–H groups in total. The van der Waals surface area contributed by atoms with Gasteiger partial charge >= 0.3 is 0 Å². The van der Waals surface area contributed by atoms with Crippen LogP contribution in [0, 0.1) is 5.41 Å². The molecule has 0 saturated heterocycles. The highest BCUT2D eigenvalue weighted by Crippen LogP contribution is 2.27. The van der Waals surface area contributed by atoms with Crippen molar-refractivity contribution in [2.45, 2.75) is 46.6 Å². The van der Waals surface area contributed by atoms with Gasteiger partial charge in [0.25, 0.3) is 5.91 Å². The van der Waals surface area contributed by atoms with Gasteiger partial charge in [-0.3, -0.25) is 9.52 Å². The number of hydrogen-bond acceptors (Lipinski definition) is 3. The van der Waals surface area contributed by atoms with Crippen LogP contribution in [-0.4, -0.2) is 26.1 Å². The largest absolute Gasteiger partial charge is 0.347 e. The number of rotatable bonds is 5. The van der Waals surface area contributed by atoms with Crippen LogP contribution >= 0.6 is 0 Å². The molecule has 0 aliphatic heterocycles. The van der Waals surface area contributed by atoms with Gasteiger partial charge in [-0.2, -0.15) is 0 Å². The summed E-state index contributed by atoms with van der Waals surface area (Å²) in [4.78, 5) is 12.3. The van der Waals surface area contributed by atoms with Gasteiger partial charge in [0.05, 0.1) is 6.26 Å². The molecule has 1 amide bonds. The summed E-state index contributed by atoms with van der Waals surface area (Å²) >= 11 is 0. The molecule has 0 heterocycles. The molecule has 0 spiro atoms. The summed E-state index contributed by atoms with van der Waals surface area (Å²) < 4.78 is 24.7. The first-order valence-electron chi connectivity index (χ1n) is 7.18. The number of hydrogen-bond donors (Lipinski definition) is 2. The molecule has 1 aromatic rings. The number of anilines is 1. The molecular weight excluding hydrogens is 300 g/mol. The molecule has 5 nitrogen and oxygen atoms in total. The van der Waals surface area contributed by atoms with E-state index < -0.39 is 10.0 Å². The molecule has 22 heavy (non-hydrogen) atoms. The van der Waals surface area contributed by atoms with Crippen molar-refractivity contribution < 1.29 is 13.2 Å². The van der Waals surface area contributed by atoms with Crippen LogP contribution in [0.5, 0.6) is 0 Å². The summed E-state index contributed by atoms with van der Waals surface area (Å²) in [6, 6.07) is 6.37. The Kier molecular flexibility index (Phi) is 5.28. The van der Waals surface area contributed by atoms with Crippen molar-refractivity contribution in [3.8, 4) is 0 Å². The van der Waals surface area contributed by atoms with Crippen LogP contribution < -0.4 is 10.0 Å². The zero-order chi connectivity index (χ0) is 17.2. The molecule has 0 radical (unpaired) electrons. The lowest BCUT2D eigenvalue weighted by Crippen LogP contribution is -2.45. The van der Waals surface area contributed by atoms with E-state index in [1.807, 2.05) is 13.8 Å². The van der Waals surface area contributed by atoms with Gasteiger partial charge in [-0.15, -0.1) is 0 Å². The van der Waals surface area contributed by atoms with Crippen LogP contribution in [0.2, 0.25) is 0 Å². The quantitative estimate of drug-likeness (QED) is 0.873. The lowest BCUT2D eigenvalue weighted by molar-refractivity contribution is 0.0891. The van der Waals surface area contributed by atoms with E-state index in [0.717, 1.165) is 12.7 Å². The van der Waals surface area contributed by atoms with Crippen LogP contribution in [0.25, 0.3) is 0 Å². The van der Waals surface area contributed by atoms with Crippen LogP contribution in [0.15, 0.2) is 24.3 Å². The molecule has 0 bridgehead atoms. The summed E-state index contributed by atoms with van der Waals surface area (Å²) in [6.07, 6.45) is 1.93. The molecule has 1 rings (SSSR count). The fourth-order valence-electron chi connectivity index (χ4n) is 2.65. The monoisotopic (exact) mass is 326 g/mol. The SMILES string of the molecule is CC(C)(C)CC(C)(C)NC(=O)c1ccc(NS(C)(=O)=O)cc1. The lowest BCUT2D eigenvalue weighted by atomic mass is 9.81. The second kappa shape index (κ2) is 6.28. The van der Waals surface area contributed by atoms with Crippen molar-refractivity contribution in [1.29, 1.82) is 0 Å². The maximum Gasteiger partial charge on any atom is 0.251 e. The van der Waals surface area contributed by atoms with Crippen LogP contribution in [0.4, 0.5) is 5.69 Å². The molecule has 0 unspecified atom stereocenters. The highest BCUT2D eigenvalue weighted by Gasteiger charge is 2.27. The van der Waals surface area contributed by atoms with Crippen molar-refractivity contribution in [1.82, 2.24) is 5.32 Å². The molecule has 0 aliphatic carbocycles. The Bertz CT molecular complexity index is 626. The number of benzene rings is 1. The Morgan fingerprint density at radius 1 is 1.05 bits per heavy atom. The minimum absolute atomic E-state index is 0.111. The third kappa shape index (κ3) is 6.93. The van der Waals surface area contributed by atoms with Crippen molar-refractivity contribution in [3.63, 3.8) is 0 Å². The third-order valence-electron chi connectivity index (χ3n) is 2.87. The fraction of sp³-hybridized carbons (Fsp3) is 0.562. The van der Waals surface area contributed by atoms with Gasteiger partial charge in [-0.1, -0.05) is 20.8 Å². The number of carbonyl (C=O) groups is 1. The molecule has 0 fully saturated rings. The Balaban J connectivity index is 2.78. The van der Waals surface area contributed by atoms with Crippen molar-refractivity contribution in [2.24, 2.45) is 5.41 Å². The molecule has 6 heteroatoms. The summed E-state index contributed by atoms with van der Waals surface area (Å²) in [5.74, 6) is -0.167. The standard InChI is InChI=1S/C16H26N2O3S/c1-15(2,3)11-16(4,5)17-14(19)12-7-9-13(10-8-12)18-22(6,20)21/h7-10,18H,11H2,1-6H3,(H,17,19). The van der Waals surface area contributed by atoms with Crippen LogP contribution in [0.1, 0.15) is 51.4 Å². The molecule has 0 aliphatic rings. The first-order chi connectivity index (χ1) is 9.77. The van der Waals surface area contributed by atoms with Crippen molar-refractivity contribution in [3.05, 3.63) is 29.8 Å². The van der Waals surface area contributed by atoms with Gasteiger partial charge in [-0.25, -0.2) is 8.42 Å². The van der Waals surface area contributed by atoms with Gasteiger partial charge in [0.1, 0.15) is 0 Å². The number of nitrogens with one attached hydrogen (secondary N) is 2. The van der Waals surface area contributed by atoms with E-state index in [-0.39, 0.29) is 16.9 Å². The van der Waals surface area contributed by atoms with Gasteiger partial charge in [0, 0.05) is 16.8 Å². The number of carbonyl (C=O) groups excluding carboxylic acids is 1. The van der Waals surface area contributed by atoms with E-state index in [1.54, 1.807) is 24.3 Å². The Hall–Kier alpha value is -1.56. The Morgan fingerprint density at radius 2 is 1.55 bits per heavy atom. The van der Waals surface area contributed by atoms with Crippen LogP contribution in [-0.2, 0) is 10.0 Å². The molecule has 0 atom stereocenters. The number of amides is 1. The van der Waals surface area contributed by atoms with Gasteiger partial charge < -0.3 is 5.32 Å². The van der Waals surface area contributed by atoms with E-state index in [4.69, 9.17) is 0 Å². The summed E-state index contributed by atoms with van der Waals surface area (Å²) in [5.41, 5.74) is 0.730. The van der Waals surface area contributed by atoms with E-state index in [1.165, 1.54) is 0 Å². The first kappa shape index (κ1) is 18.5. The molecule has 124 valence electrons. The number of sulfonamides is 1. The topological polar surface area (TPSA) is 75.3 Å². The van der Waals surface area contributed by atoms with Gasteiger partial charge in [-0.05, 0) is 49.9 Å². The normalized spacial score (nSPS) is 12.8. The second-order valence-corrected chi connectivity index (χ2v) is 9.28. The maximum absolute atomic E-state index is 12.3. The predicted molar refractivity (Wildman–Crippen MR) is 90.5 cm³/mol.